The molecule has 1 aliphatic heterocycles. The molecule has 0 bridgehead atoms. The predicted molar refractivity (Wildman–Crippen MR) is 110 cm³/mol. The third-order valence-electron chi connectivity index (χ3n) is 4.92. The van der Waals surface area contributed by atoms with Gasteiger partial charge in [-0.05, 0) is 36.8 Å². The number of carbonyl (C=O) groups is 2. The molecule has 4 rings (SSSR count). The van der Waals surface area contributed by atoms with Gasteiger partial charge in [-0.1, -0.05) is 24.3 Å². The van der Waals surface area contributed by atoms with Crippen LogP contribution in [0.25, 0.3) is 16.9 Å². The highest BCUT2D eigenvalue weighted by Gasteiger charge is 2.31. The minimum absolute atomic E-state index is 0.0914. The quantitative estimate of drug-likeness (QED) is 0.627. The minimum Gasteiger partial charge on any atom is -0.406 e. The van der Waals surface area contributed by atoms with Gasteiger partial charge >= 0.3 is 6.36 Å². The Balaban J connectivity index is 1.71. The van der Waals surface area contributed by atoms with Crippen molar-refractivity contribution in [3.05, 3.63) is 60.2 Å². The number of nitrogens with zero attached hydrogens (tertiary/aromatic N) is 2. The van der Waals surface area contributed by atoms with E-state index in [1.807, 2.05) is 25.1 Å². The van der Waals surface area contributed by atoms with Crippen LogP contribution in [0.1, 0.15) is 12.0 Å². The van der Waals surface area contributed by atoms with E-state index in [0.29, 0.717) is 16.9 Å². The van der Waals surface area contributed by atoms with Crippen molar-refractivity contribution in [3.63, 3.8) is 0 Å². The molecule has 10 heteroatoms. The Morgan fingerprint density at radius 1 is 1.19 bits per heavy atom. The number of alkyl halides is 3. The lowest BCUT2D eigenvalue weighted by molar-refractivity contribution is -0.274. The lowest BCUT2D eigenvalue weighted by Crippen LogP contribution is -2.24. The Bertz CT molecular complexity index is 1170. The van der Waals surface area contributed by atoms with Crippen molar-refractivity contribution >= 4 is 17.6 Å². The summed E-state index contributed by atoms with van der Waals surface area (Å²) in [6, 6.07) is 14.5. The predicted octanol–water partition coefficient (Wildman–Crippen LogP) is 3.82. The number of anilines is 1. The molecule has 1 fully saturated rings. The molecule has 1 aromatic heterocycles. The van der Waals surface area contributed by atoms with Crippen LogP contribution in [0.4, 0.5) is 19.0 Å². The van der Waals surface area contributed by atoms with E-state index in [1.54, 1.807) is 18.2 Å². The van der Waals surface area contributed by atoms with Gasteiger partial charge in [0.2, 0.25) is 11.8 Å². The van der Waals surface area contributed by atoms with Crippen molar-refractivity contribution < 1.29 is 27.5 Å². The molecule has 1 saturated heterocycles. The van der Waals surface area contributed by atoms with Crippen LogP contribution >= 0.6 is 0 Å². The number of rotatable bonds is 5. The van der Waals surface area contributed by atoms with Gasteiger partial charge in [-0.3, -0.25) is 9.59 Å². The zero-order chi connectivity index (χ0) is 22.9. The molecule has 0 saturated carbocycles. The van der Waals surface area contributed by atoms with E-state index in [4.69, 9.17) is 0 Å². The van der Waals surface area contributed by atoms with Gasteiger partial charge in [-0.25, -0.2) is 4.68 Å². The van der Waals surface area contributed by atoms with Crippen molar-refractivity contribution in [2.75, 3.05) is 11.9 Å². The molecule has 2 N–H and O–H groups in total. The summed E-state index contributed by atoms with van der Waals surface area (Å²) >= 11 is 0. The minimum atomic E-state index is -4.82. The topological polar surface area (TPSA) is 85.3 Å². The molecule has 2 heterocycles. The van der Waals surface area contributed by atoms with Gasteiger partial charge in [-0.15, -0.1) is 18.3 Å². The molecule has 166 valence electrons. The van der Waals surface area contributed by atoms with E-state index in [2.05, 4.69) is 20.5 Å². The molecule has 0 radical (unpaired) electrons. The van der Waals surface area contributed by atoms with Crippen LogP contribution in [-0.2, 0) is 9.59 Å². The number of aryl methyl sites for hydroxylation is 1. The maximum Gasteiger partial charge on any atom is 0.573 e. The summed E-state index contributed by atoms with van der Waals surface area (Å²) in [4.78, 5) is 23.9. The lowest BCUT2D eigenvalue weighted by Gasteiger charge is -2.11. The molecule has 7 nitrogen and oxygen atoms in total. The summed E-state index contributed by atoms with van der Waals surface area (Å²) in [5.74, 6) is -1.23. The number of nitrogens with one attached hydrogen (secondary N) is 2. The second kappa shape index (κ2) is 8.37. The van der Waals surface area contributed by atoms with Crippen molar-refractivity contribution in [3.8, 4) is 22.7 Å². The van der Waals surface area contributed by atoms with Crippen molar-refractivity contribution in [1.29, 1.82) is 0 Å². The fraction of sp³-hybridized carbons (Fsp3) is 0.227. The Hall–Kier alpha value is -3.82. The Morgan fingerprint density at radius 3 is 2.66 bits per heavy atom. The summed E-state index contributed by atoms with van der Waals surface area (Å²) in [6.07, 6.45) is -4.73. The zero-order valence-electron chi connectivity index (χ0n) is 16.9. The number of aromatic nitrogens is 2. The molecule has 32 heavy (non-hydrogen) atoms. The standard InChI is InChI=1S/C22H19F3N4O3/c1-13-4-2-6-16(8-13)29-18(14-5-3-7-17(9-14)32-22(23,24)25)11-19(28-29)27-21(31)15-10-20(30)26-12-15/h2-9,11,15H,10,12H2,1H3,(H,26,30)(H,27,28,31)/t15-/m1/s1. The highest BCUT2D eigenvalue weighted by Crippen LogP contribution is 2.31. The second-order valence-electron chi connectivity index (χ2n) is 7.44. The van der Waals surface area contributed by atoms with E-state index < -0.39 is 12.3 Å². The summed E-state index contributed by atoms with van der Waals surface area (Å²) in [7, 11) is 0. The molecule has 0 spiro atoms. The van der Waals surface area contributed by atoms with Crippen LogP contribution in [0.3, 0.4) is 0 Å². The lowest BCUT2D eigenvalue weighted by atomic mass is 10.1. The van der Waals surface area contributed by atoms with Gasteiger partial charge in [0, 0.05) is 24.6 Å². The average molecular weight is 444 g/mol. The monoisotopic (exact) mass is 444 g/mol. The van der Waals surface area contributed by atoms with Gasteiger partial charge in [-0.2, -0.15) is 0 Å². The van der Waals surface area contributed by atoms with Crippen LogP contribution in [0.5, 0.6) is 5.75 Å². The summed E-state index contributed by atoms with van der Waals surface area (Å²) in [6.45, 7) is 2.14. The Morgan fingerprint density at radius 2 is 1.97 bits per heavy atom. The molecule has 3 aromatic rings. The molecule has 2 amide bonds. The fourth-order valence-electron chi connectivity index (χ4n) is 3.48. The number of carbonyl (C=O) groups excluding carboxylic acids is 2. The molecular weight excluding hydrogens is 425 g/mol. The highest BCUT2D eigenvalue weighted by atomic mass is 19.4. The molecule has 0 unspecified atom stereocenters. The third-order valence-corrected chi connectivity index (χ3v) is 4.92. The molecule has 2 aromatic carbocycles. The molecule has 0 aliphatic carbocycles. The first-order valence-corrected chi connectivity index (χ1v) is 9.79. The summed E-state index contributed by atoms with van der Waals surface area (Å²) in [5.41, 5.74) is 2.50. The number of halogens is 3. The second-order valence-corrected chi connectivity index (χ2v) is 7.44. The first-order chi connectivity index (χ1) is 15.2. The zero-order valence-corrected chi connectivity index (χ0v) is 16.9. The maximum absolute atomic E-state index is 12.7. The molecule has 1 aliphatic rings. The number of ether oxygens (including phenoxy) is 1. The van der Waals surface area contributed by atoms with Crippen molar-refractivity contribution in [2.24, 2.45) is 5.92 Å². The van der Waals surface area contributed by atoms with Crippen LogP contribution in [0, 0.1) is 12.8 Å². The summed E-state index contributed by atoms with van der Waals surface area (Å²) < 4.78 is 43.6. The van der Waals surface area contributed by atoms with Crippen LogP contribution in [0.2, 0.25) is 0 Å². The first-order valence-electron chi connectivity index (χ1n) is 9.79. The summed E-state index contributed by atoms with van der Waals surface area (Å²) in [5, 5.41) is 9.75. The van der Waals surface area contributed by atoms with Gasteiger partial charge in [0.25, 0.3) is 0 Å². The highest BCUT2D eigenvalue weighted by molar-refractivity contribution is 5.97. The maximum atomic E-state index is 12.7. The van der Waals surface area contributed by atoms with Crippen molar-refractivity contribution in [1.82, 2.24) is 15.1 Å². The van der Waals surface area contributed by atoms with E-state index >= 15 is 0 Å². The average Bonchev–Trinajstić information content (AvgIpc) is 3.33. The van der Waals surface area contributed by atoms with Gasteiger partial charge in [0.15, 0.2) is 5.82 Å². The number of amides is 2. The largest absolute Gasteiger partial charge is 0.573 e. The number of benzene rings is 2. The van der Waals surface area contributed by atoms with Crippen LogP contribution < -0.4 is 15.4 Å². The number of hydrogen-bond acceptors (Lipinski definition) is 4. The van der Waals surface area contributed by atoms with E-state index in [1.165, 1.54) is 22.9 Å². The molecular formula is C22H19F3N4O3. The SMILES string of the molecule is Cc1cccc(-n2nc(NC(=O)[C@H]3CNC(=O)C3)cc2-c2cccc(OC(F)(F)F)c2)c1. The Kier molecular flexibility index (Phi) is 5.60. The smallest absolute Gasteiger partial charge is 0.406 e. The van der Waals surface area contributed by atoms with Crippen LogP contribution in [-0.4, -0.2) is 34.5 Å². The van der Waals surface area contributed by atoms with Crippen LogP contribution in [0.15, 0.2) is 54.6 Å². The van der Waals surface area contributed by atoms with Gasteiger partial charge < -0.3 is 15.4 Å². The fourth-order valence-corrected chi connectivity index (χ4v) is 3.48. The normalized spacial score (nSPS) is 16.0. The van der Waals surface area contributed by atoms with Gasteiger partial charge in [0.05, 0.1) is 17.3 Å². The first kappa shape index (κ1) is 21.4. The molecule has 1 atom stereocenters. The number of hydrogen-bond donors (Lipinski definition) is 2. The van der Waals surface area contributed by atoms with Gasteiger partial charge in [0.1, 0.15) is 5.75 Å². The van der Waals surface area contributed by atoms with E-state index in [9.17, 15) is 22.8 Å². The third kappa shape index (κ3) is 4.90. The Labute approximate surface area is 181 Å². The van der Waals surface area contributed by atoms with E-state index in [-0.39, 0.29) is 36.3 Å². The van der Waals surface area contributed by atoms with E-state index in [0.717, 1.165) is 5.56 Å². The van der Waals surface area contributed by atoms with Crippen molar-refractivity contribution in [2.45, 2.75) is 19.7 Å².